The van der Waals surface area contributed by atoms with Crippen molar-refractivity contribution in [3.63, 3.8) is 0 Å². The number of aromatic nitrogens is 3. The molecular weight excluding hydrogens is 457 g/mol. The van der Waals surface area contributed by atoms with Gasteiger partial charge in [0, 0.05) is 9.61 Å². The number of aryl methyl sites for hydroxylation is 3. The minimum atomic E-state index is -3.88. The Morgan fingerprint density at radius 1 is 1.28 bits per heavy atom. The van der Waals surface area contributed by atoms with E-state index in [1.54, 1.807) is 26.0 Å². The van der Waals surface area contributed by atoms with Crippen LogP contribution in [0.25, 0.3) is 0 Å². The summed E-state index contributed by atoms with van der Waals surface area (Å²) >= 11 is 1.95. The van der Waals surface area contributed by atoms with Crippen molar-refractivity contribution in [2.24, 2.45) is 0 Å². The molecule has 1 fully saturated rings. The molecule has 1 aromatic heterocycles. The average molecular weight is 475 g/mol. The lowest BCUT2D eigenvalue weighted by Gasteiger charge is -2.10. The van der Waals surface area contributed by atoms with Gasteiger partial charge in [-0.3, -0.25) is 9.36 Å². The van der Waals surface area contributed by atoms with Gasteiger partial charge in [0.15, 0.2) is 9.84 Å². The first-order valence-corrected chi connectivity index (χ1v) is 10.6. The standard InChI is InChI=1S/C16H18IN3O4S/c1-9-6-10(2)15(13(17)7-9)25(23,24)8-14(21)20-16(22)19(11(3)18-20)12-4-5-12/h6-7,12H,4-5,8H2,1-3H3. The van der Waals surface area contributed by atoms with Gasteiger partial charge >= 0.3 is 5.69 Å². The second-order valence-corrected chi connectivity index (χ2v) is 9.48. The Bertz CT molecular complexity index is 1010. The van der Waals surface area contributed by atoms with E-state index in [1.165, 1.54) is 4.57 Å². The quantitative estimate of drug-likeness (QED) is 0.632. The smallest absolute Gasteiger partial charge is 0.276 e. The van der Waals surface area contributed by atoms with Crippen LogP contribution in [0.4, 0.5) is 0 Å². The van der Waals surface area contributed by atoms with Crippen LogP contribution >= 0.6 is 22.6 Å². The van der Waals surface area contributed by atoms with Gasteiger partial charge in [-0.2, -0.15) is 0 Å². The van der Waals surface area contributed by atoms with E-state index in [0.29, 0.717) is 19.6 Å². The van der Waals surface area contributed by atoms with Crippen molar-refractivity contribution in [1.29, 1.82) is 0 Å². The van der Waals surface area contributed by atoms with E-state index >= 15 is 0 Å². The van der Waals surface area contributed by atoms with Gasteiger partial charge in [0.1, 0.15) is 11.6 Å². The zero-order valence-corrected chi connectivity index (χ0v) is 17.1. The fourth-order valence-corrected chi connectivity index (χ4v) is 6.40. The molecule has 0 radical (unpaired) electrons. The van der Waals surface area contributed by atoms with Crippen molar-refractivity contribution in [3.05, 3.63) is 43.1 Å². The molecule has 0 unspecified atom stereocenters. The molecule has 134 valence electrons. The van der Waals surface area contributed by atoms with E-state index in [0.717, 1.165) is 18.4 Å². The van der Waals surface area contributed by atoms with Crippen LogP contribution in [0.5, 0.6) is 0 Å². The monoisotopic (exact) mass is 475 g/mol. The van der Waals surface area contributed by atoms with E-state index in [9.17, 15) is 18.0 Å². The molecule has 25 heavy (non-hydrogen) atoms. The molecule has 0 spiro atoms. The number of carbonyl (C=O) groups is 1. The topological polar surface area (TPSA) is 91.0 Å². The maximum Gasteiger partial charge on any atom is 0.353 e. The van der Waals surface area contributed by atoms with Gasteiger partial charge in [0.05, 0.1) is 4.90 Å². The molecule has 9 heteroatoms. The molecular formula is C16H18IN3O4S. The molecule has 0 N–H and O–H groups in total. The molecule has 3 rings (SSSR count). The van der Waals surface area contributed by atoms with E-state index in [-0.39, 0.29) is 10.9 Å². The number of nitrogens with zero attached hydrogens (tertiary/aromatic N) is 3. The second-order valence-electron chi connectivity index (χ2n) is 6.39. The highest BCUT2D eigenvalue weighted by molar-refractivity contribution is 14.1. The predicted molar refractivity (Wildman–Crippen MR) is 101 cm³/mol. The van der Waals surface area contributed by atoms with Crippen LogP contribution in [0.2, 0.25) is 0 Å². The summed E-state index contributed by atoms with van der Waals surface area (Å²) in [6.07, 6.45) is 1.75. The minimum absolute atomic E-state index is 0.0750. The lowest BCUT2D eigenvalue weighted by atomic mass is 10.2. The molecule has 1 aliphatic rings. The van der Waals surface area contributed by atoms with Crippen LogP contribution in [0.3, 0.4) is 0 Å². The number of rotatable bonds is 4. The highest BCUT2D eigenvalue weighted by atomic mass is 127. The molecule has 1 heterocycles. The van der Waals surface area contributed by atoms with Gasteiger partial charge in [-0.05, 0) is 73.4 Å². The summed E-state index contributed by atoms with van der Waals surface area (Å²) < 4.78 is 28.2. The van der Waals surface area contributed by atoms with Crippen molar-refractivity contribution < 1.29 is 13.2 Å². The fourth-order valence-electron chi connectivity index (χ4n) is 2.98. The minimum Gasteiger partial charge on any atom is -0.276 e. The van der Waals surface area contributed by atoms with E-state index in [1.807, 2.05) is 29.5 Å². The molecule has 0 saturated heterocycles. The van der Waals surface area contributed by atoms with Crippen molar-refractivity contribution in [2.75, 3.05) is 5.75 Å². The predicted octanol–water partition coefficient (Wildman–Crippen LogP) is 2.02. The maximum absolute atomic E-state index is 12.7. The molecule has 1 saturated carbocycles. The van der Waals surface area contributed by atoms with Crippen molar-refractivity contribution >= 4 is 38.3 Å². The number of carbonyl (C=O) groups excluding carboxylic acids is 1. The van der Waals surface area contributed by atoms with Crippen molar-refractivity contribution in [3.8, 4) is 0 Å². The number of benzene rings is 1. The second kappa shape index (κ2) is 6.35. The number of sulfone groups is 1. The van der Waals surface area contributed by atoms with Crippen LogP contribution < -0.4 is 5.69 Å². The molecule has 1 aromatic carbocycles. The summed E-state index contributed by atoms with van der Waals surface area (Å²) in [6.45, 7) is 5.22. The van der Waals surface area contributed by atoms with Crippen LogP contribution in [0.15, 0.2) is 21.8 Å². The normalized spacial score (nSPS) is 14.7. The largest absolute Gasteiger partial charge is 0.353 e. The first kappa shape index (κ1) is 18.3. The molecule has 7 nitrogen and oxygen atoms in total. The third-order valence-corrected chi connectivity index (χ3v) is 7.13. The van der Waals surface area contributed by atoms with Gasteiger partial charge < -0.3 is 0 Å². The van der Waals surface area contributed by atoms with E-state index < -0.39 is 27.2 Å². The lowest BCUT2D eigenvalue weighted by Crippen LogP contribution is -2.33. The third-order valence-electron chi connectivity index (χ3n) is 4.13. The zero-order valence-electron chi connectivity index (χ0n) is 14.1. The average Bonchev–Trinajstić information content (AvgIpc) is 3.22. The maximum atomic E-state index is 12.7. The van der Waals surface area contributed by atoms with Gasteiger partial charge in [-0.1, -0.05) is 6.07 Å². The van der Waals surface area contributed by atoms with Crippen LogP contribution in [-0.4, -0.2) is 34.4 Å². The number of halogens is 1. The Labute approximate surface area is 159 Å². The SMILES string of the molecule is Cc1cc(C)c(S(=O)(=O)CC(=O)n2nc(C)n(C3CC3)c2=O)c(I)c1. The van der Waals surface area contributed by atoms with Gasteiger partial charge in [-0.25, -0.2) is 13.2 Å². The van der Waals surface area contributed by atoms with Crippen molar-refractivity contribution in [1.82, 2.24) is 14.3 Å². The van der Waals surface area contributed by atoms with Crippen molar-refractivity contribution in [2.45, 2.75) is 44.6 Å². The van der Waals surface area contributed by atoms with E-state index in [4.69, 9.17) is 0 Å². The van der Waals surface area contributed by atoms with Crippen LogP contribution in [0.1, 0.15) is 40.6 Å². The Morgan fingerprint density at radius 3 is 2.48 bits per heavy atom. The summed E-state index contributed by atoms with van der Waals surface area (Å²) in [5.41, 5.74) is 0.974. The summed E-state index contributed by atoms with van der Waals surface area (Å²) in [7, 11) is -3.88. The first-order chi connectivity index (χ1) is 11.6. The third kappa shape index (κ3) is 3.43. The molecule has 0 amide bonds. The molecule has 1 aliphatic carbocycles. The number of hydrogen-bond donors (Lipinski definition) is 0. The molecule has 0 aliphatic heterocycles. The fraction of sp³-hybridized carbons (Fsp3) is 0.438. The van der Waals surface area contributed by atoms with Gasteiger partial charge in [-0.15, -0.1) is 9.78 Å². The van der Waals surface area contributed by atoms with Gasteiger partial charge in [0.2, 0.25) is 0 Å². The lowest BCUT2D eigenvalue weighted by molar-refractivity contribution is 0.0919. The number of hydrogen-bond acceptors (Lipinski definition) is 5. The van der Waals surface area contributed by atoms with Crippen LogP contribution in [0, 0.1) is 24.3 Å². The first-order valence-electron chi connectivity index (χ1n) is 7.82. The summed E-state index contributed by atoms with van der Waals surface area (Å²) in [4.78, 5) is 25.0. The Kier molecular flexibility index (Phi) is 4.65. The van der Waals surface area contributed by atoms with Crippen LogP contribution in [-0.2, 0) is 9.84 Å². The van der Waals surface area contributed by atoms with E-state index in [2.05, 4.69) is 5.10 Å². The Morgan fingerprint density at radius 2 is 1.92 bits per heavy atom. The summed E-state index contributed by atoms with van der Waals surface area (Å²) in [5.74, 6) is -1.18. The van der Waals surface area contributed by atoms with Gasteiger partial charge in [0.25, 0.3) is 5.91 Å². The highest BCUT2D eigenvalue weighted by Crippen LogP contribution is 2.34. The Hall–Kier alpha value is -1.49. The summed E-state index contributed by atoms with van der Waals surface area (Å²) in [6, 6.07) is 3.59. The molecule has 0 atom stereocenters. The Balaban J connectivity index is 1.96. The zero-order chi connectivity index (χ0) is 18.5. The summed E-state index contributed by atoms with van der Waals surface area (Å²) in [5, 5.41) is 3.96. The molecule has 2 aromatic rings. The molecule has 0 bridgehead atoms. The highest BCUT2D eigenvalue weighted by Gasteiger charge is 2.31.